The summed E-state index contributed by atoms with van der Waals surface area (Å²) in [4.78, 5) is 13.5. The van der Waals surface area contributed by atoms with Gasteiger partial charge in [0.25, 0.3) is 5.91 Å². The monoisotopic (exact) mass is 492 g/mol. The summed E-state index contributed by atoms with van der Waals surface area (Å²) in [6.07, 6.45) is 3.89. The topological polar surface area (TPSA) is 95.2 Å². The van der Waals surface area contributed by atoms with Crippen molar-refractivity contribution in [2.45, 2.75) is 37.1 Å². The van der Waals surface area contributed by atoms with Gasteiger partial charge in [-0.15, -0.1) is 0 Å². The fourth-order valence-corrected chi connectivity index (χ4v) is 6.03. The number of amides is 1. The third-order valence-corrected chi connectivity index (χ3v) is 8.30. The average Bonchev–Trinajstić information content (AvgIpc) is 3.64. The average molecular weight is 493 g/mol. The normalized spacial score (nSPS) is 18.6. The number of hydrazone groups is 1. The van der Waals surface area contributed by atoms with E-state index in [9.17, 15) is 13.2 Å². The number of furan rings is 1. The molecule has 2 aliphatic rings. The van der Waals surface area contributed by atoms with E-state index >= 15 is 0 Å². The largest absolute Gasteiger partial charge is 0.467 e. The molecule has 9 heteroatoms. The lowest BCUT2D eigenvalue weighted by Gasteiger charge is -2.20. The van der Waals surface area contributed by atoms with Gasteiger partial charge in [0.15, 0.2) is 0 Å². The molecular weight excluding hydrogens is 464 g/mol. The van der Waals surface area contributed by atoms with Crippen LogP contribution in [0, 0.1) is 6.92 Å². The van der Waals surface area contributed by atoms with E-state index in [0.717, 1.165) is 29.7 Å². The summed E-state index contributed by atoms with van der Waals surface area (Å²) in [5.74, 6) is 0.434. The molecule has 1 fully saturated rings. The molecule has 8 nitrogen and oxygen atoms in total. The quantitative estimate of drug-likeness (QED) is 0.534. The van der Waals surface area contributed by atoms with Crippen molar-refractivity contribution in [2.75, 3.05) is 25.0 Å². The minimum Gasteiger partial charge on any atom is -0.467 e. The third kappa shape index (κ3) is 4.87. The lowest BCUT2D eigenvalue weighted by atomic mass is 10.0. The van der Waals surface area contributed by atoms with E-state index in [1.54, 1.807) is 36.6 Å². The van der Waals surface area contributed by atoms with E-state index in [-0.39, 0.29) is 23.4 Å². The lowest BCUT2D eigenvalue weighted by Crippen LogP contribution is -2.32. The molecule has 35 heavy (non-hydrogen) atoms. The van der Waals surface area contributed by atoms with Crippen LogP contribution in [0.2, 0.25) is 0 Å². The number of hydrogen-bond acceptors (Lipinski definition) is 6. The molecule has 2 aromatic carbocycles. The Bertz CT molecular complexity index is 1330. The molecule has 182 valence electrons. The van der Waals surface area contributed by atoms with Crippen molar-refractivity contribution < 1.29 is 17.6 Å². The zero-order valence-electron chi connectivity index (χ0n) is 19.6. The van der Waals surface area contributed by atoms with Crippen LogP contribution >= 0.6 is 0 Å². The SMILES string of the molecule is Cc1ccc(C2=NN(C(=O)CNc3cccc(S(=O)(=O)N4CCCC4)c3)C(c3ccco3)C2)cc1. The molecule has 0 spiro atoms. The van der Waals surface area contributed by atoms with Crippen molar-refractivity contribution in [1.29, 1.82) is 0 Å². The van der Waals surface area contributed by atoms with Crippen LogP contribution in [0.5, 0.6) is 0 Å². The molecule has 1 saturated heterocycles. The van der Waals surface area contributed by atoms with Crippen LogP contribution in [-0.2, 0) is 14.8 Å². The molecule has 1 N–H and O–H groups in total. The highest BCUT2D eigenvalue weighted by atomic mass is 32.2. The van der Waals surface area contributed by atoms with Gasteiger partial charge in [-0.2, -0.15) is 9.41 Å². The number of aryl methyl sites for hydroxylation is 1. The highest BCUT2D eigenvalue weighted by Crippen LogP contribution is 2.33. The molecule has 1 unspecified atom stereocenters. The number of rotatable bonds is 7. The van der Waals surface area contributed by atoms with E-state index < -0.39 is 10.0 Å². The molecule has 1 aromatic heterocycles. The summed E-state index contributed by atoms with van der Waals surface area (Å²) in [7, 11) is -3.53. The second-order valence-electron chi connectivity index (χ2n) is 8.88. The van der Waals surface area contributed by atoms with Crippen molar-refractivity contribution in [1.82, 2.24) is 9.31 Å². The van der Waals surface area contributed by atoms with Gasteiger partial charge < -0.3 is 9.73 Å². The molecule has 0 radical (unpaired) electrons. The zero-order valence-corrected chi connectivity index (χ0v) is 20.4. The smallest absolute Gasteiger partial charge is 0.262 e. The van der Waals surface area contributed by atoms with Crippen LogP contribution in [0.4, 0.5) is 5.69 Å². The first-order valence-electron chi connectivity index (χ1n) is 11.8. The van der Waals surface area contributed by atoms with Gasteiger partial charge in [-0.25, -0.2) is 13.4 Å². The van der Waals surface area contributed by atoms with Crippen LogP contribution < -0.4 is 5.32 Å². The Morgan fingerprint density at radius 2 is 1.86 bits per heavy atom. The van der Waals surface area contributed by atoms with Crippen molar-refractivity contribution >= 4 is 27.3 Å². The number of nitrogens with zero attached hydrogens (tertiary/aromatic N) is 3. The Hall–Kier alpha value is -3.43. The zero-order chi connectivity index (χ0) is 24.4. The number of anilines is 1. The number of nitrogens with one attached hydrogen (secondary N) is 1. The van der Waals surface area contributed by atoms with Crippen LogP contribution in [0.25, 0.3) is 0 Å². The molecule has 2 aliphatic heterocycles. The summed E-state index contributed by atoms with van der Waals surface area (Å²) in [6.45, 7) is 3.08. The molecule has 1 amide bonds. The van der Waals surface area contributed by atoms with Crippen LogP contribution in [0.3, 0.4) is 0 Å². The van der Waals surface area contributed by atoms with Crippen molar-refractivity contribution in [3.8, 4) is 0 Å². The number of hydrogen-bond donors (Lipinski definition) is 1. The fourth-order valence-electron chi connectivity index (χ4n) is 4.47. The summed E-state index contributed by atoms with van der Waals surface area (Å²) >= 11 is 0. The second kappa shape index (κ2) is 9.67. The molecule has 3 aromatic rings. The van der Waals surface area contributed by atoms with Gasteiger partial charge >= 0.3 is 0 Å². The maximum Gasteiger partial charge on any atom is 0.262 e. The first kappa shape index (κ1) is 23.3. The first-order valence-corrected chi connectivity index (χ1v) is 13.2. The number of sulfonamides is 1. The van der Waals surface area contributed by atoms with Gasteiger partial charge in [0.2, 0.25) is 10.0 Å². The van der Waals surface area contributed by atoms with E-state index in [4.69, 9.17) is 4.42 Å². The highest BCUT2D eigenvalue weighted by molar-refractivity contribution is 7.89. The van der Waals surface area contributed by atoms with Crippen LogP contribution in [0.1, 0.15) is 42.2 Å². The summed E-state index contributed by atoms with van der Waals surface area (Å²) < 4.78 is 32.9. The molecule has 0 saturated carbocycles. The van der Waals surface area contributed by atoms with Gasteiger partial charge in [0.1, 0.15) is 11.8 Å². The maximum atomic E-state index is 13.2. The predicted octanol–water partition coefficient (Wildman–Crippen LogP) is 4.16. The maximum absolute atomic E-state index is 13.2. The molecule has 0 bridgehead atoms. The molecule has 5 rings (SSSR count). The van der Waals surface area contributed by atoms with Crippen molar-refractivity contribution in [3.05, 3.63) is 83.8 Å². The summed E-state index contributed by atoms with van der Waals surface area (Å²) in [5.41, 5.74) is 3.50. The molecular formula is C26H28N4O4S. The van der Waals surface area contributed by atoms with Crippen LogP contribution in [-0.4, -0.2) is 49.0 Å². The van der Waals surface area contributed by atoms with E-state index in [2.05, 4.69) is 10.4 Å². The number of carbonyl (C=O) groups excluding carboxylic acids is 1. The molecule has 3 heterocycles. The highest BCUT2D eigenvalue weighted by Gasteiger charge is 2.34. The lowest BCUT2D eigenvalue weighted by molar-refractivity contribution is -0.131. The Morgan fingerprint density at radius 3 is 2.57 bits per heavy atom. The Balaban J connectivity index is 1.33. The Morgan fingerprint density at radius 1 is 1.09 bits per heavy atom. The molecule has 0 aliphatic carbocycles. The Labute approximate surface area is 205 Å². The van der Waals surface area contributed by atoms with Crippen molar-refractivity contribution in [3.63, 3.8) is 0 Å². The number of benzene rings is 2. The van der Waals surface area contributed by atoms with Gasteiger partial charge in [0.05, 0.1) is 23.4 Å². The van der Waals surface area contributed by atoms with Crippen molar-refractivity contribution in [2.24, 2.45) is 5.10 Å². The summed E-state index contributed by atoms with van der Waals surface area (Å²) in [6, 6.07) is 18.0. The van der Waals surface area contributed by atoms with E-state index in [0.29, 0.717) is 31.0 Å². The van der Waals surface area contributed by atoms with Crippen LogP contribution in [0.15, 0.2) is 81.3 Å². The Kier molecular flexibility index (Phi) is 6.44. The fraction of sp³-hybridized carbons (Fsp3) is 0.308. The number of carbonyl (C=O) groups is 1. The van der Waals surface area contributed by atoms with Gasteiger partial charge in [0, 0.05) is 25.2 Å². The molecule has 1 atom stereocenters. The first-order chi connectivity index (χ1) is 16.9. The van der Waals surface area contributed by atoms with Gasteiger partial charge in [-0.3, -0.25) is 4.79 Å². The van der Waals surface area contributed by atoms with Gasteiger partial charge in [-0.1, -0.05) is 35.9 Å². The standard InChI is InChI=1S/C26H28N4O4S/c1-19-9-11-20(12-10-19)23-17-24(25-8-5-15-34-25)30(28-23)26(31)18-27-21-6-4-7-22(16-21)35(32,33)29-13-2-3-14-29/h4-12,15-16,24,27H,2-3,13-14,17-18H2,1H3. The summed E-state index contributed by atoms with van der Waals surface area (Å²) in [5, 5.41) is 9.19. The minimum atomic E-state index is -3.53. The van der Waals surface area contributed by atoms with E-state index in [1.807, 2.05) is 37.3 Å². The van der Waals surface area contributed by atoms with E-state index in [1.165, 1.54) is 9.31 Å². The second-order valence-corrected chi connectivity index (χ2v) is 10.8. The third-order valence-electron chi connectivity index (χ3n) is 6.40. The minimum absolute atomic E-state index is 0.0326. The van der Waals surface area contributed by atoms with Gasteiger partial charge in [-0.05, 0) is 55.7 Å². The predicted molar refractivity (Wildman–Crippen MR) is 134 cm³/mol.